The fourth-order valence-corrected chi connectivity index (χ4v) is 2.68. The van der Waals surface area contributed by atoms with E-state index in [1.807, 2.05) is 24.3 Å². The van der Waals surface area contributed by atoms with Gasteiger partial charge in [-0.25, -0.2) is 0 Å². The molecule has 1 fully saturated rings. The largest absolute Gasteiger partial charge is 0.497 e. The number of aliphatic hydroxyl groups is 1. The topological polar surface area (TPSA) is 74.9 Å². The number of hydrogen-bond donors (Lipinski definition) is 1. The maximum atomic E-state index is 8.97. The van der Waals surface area contributed by atoms with Crippen LogP contribution in [-0.2, 0) is 6.54 Å². The zero-order valence-electron chi connectivity index (χ0n) is 13.3. The molecule has 0 unspecified atom stereocenters. The van der Waals surface area contributed by atoms with Crippen LogP contribution < -0.4 is 4.74 Å². The lowest BCUT2D eigenvalue weighted by atomic mass is 10.2. The smallest absolute Gasteiger partial charge is 0.257 e. The average molecular weight is 318 g/mol. The molecule has 1 N–H and O–H groups in total. The van der Waals surface area contributed by atoms with Gasteiger partial charge in [-0.1, -0.05) is 5.16 Å². The van der Waals surface area contributed by atoms with Crippen molar-refractivity contribution in [3.05, 3.63) is 30.1 Å². The average Bonchev–Trinajstić information content (AvgIpc) is 3.05. The highest BCUT2D eigenvalue weighted by atomic mass is 16.5. The molecule has 3 rings (SSSR count). The molecule has 0 aliphatic carbocycles. The van der Waals surface area contributed by atoms with Crippen LogP contribution in [0.2, 0.25) is 0 Å². The van der Waals surface area contributed by atoms with Gasteiger partial charge < -0.3 is 14.4 Å². The van der Waals surface area contributed by atoms with E-state index in [1.165, 1.54) is 0 Å². The molecule has 2 heterocycles. The Labute approximate surface area is 135 Å². The van der Waals surface area contributed by atoms with Crippen molar-refractivity contribution in [3.8, 4) is 17.2 Å². The van der Waals surface area contributed by atoms with Gasteiger partial charge in [0, 0.05) is 38.3 Å². The van der Waals surface area contributed by atoms with Gasteiger partial charge in [-0.05, 0) is 24.3 Å². The number of benzene rings is 1. The number of methoxy groups -OCH3 is 1. The molecule has 0 spiro atoms. The lowest BCUT2D eigenvalue weighted by molar-refractivity contribution is 0.106. The lowest BCUT2D eigenvalue weighted by Gasteiger charge is -2.33. The second-order valence-corrected chi connectivity index (χ2v) is 5.59. The van der Waals surface area contributed by atoms with Gasteiger partial charge in [-0.2, -0.15) is 4.98 Å². The molecule has 1 aliphatic heterocycles. The number of piperazine rings is 1. The Kier molecular flexibility index (Phi) is 5.22. The third-order valence-corrected chi connectivity index (χ3v) is 4.05. The van der Waals surface area contributed by atoms with Gasteiger partial charge in [-0.3, -0.25) is 9.80 Å². The first-order chi connectivity index (χ1) is 11.3. The summed E-state index contributed by atoms with van der Waals surface area (Å²) in [7, 11) is 1.64. The van der Waals surface area contributed by atoms with E-state index in [0.717, 1.165) is 44.0 Å². The molecule has 2 aromatic rings. The first-order valence-electron chi connectivity index (χ1n) is 7.81. The Bertz CT molecular complexity index is 606. The molecule has 124 valence electrons. The maximum Gasteiger partial charge on any atom is 0.257 e. The first-order valence-corrected chi connectivity index (χ1v) is 7.81. The Balaban J connectivity index is 1.57. The zero-order chi connectivity index (χ0) is 16.1. The van der Waals surface area contributed by atoms with E-state index >= 15 is 0 Å². The van der Waals surface area contributed by atoms with E-state index in [4.69, 9.17) is 14.4 Å². The van der Waals surface area contributed by atoms with E-state index < -0.39 is 0 Å². The third kappa shape index (κ3) is 4.07. The summed E-state index contributed by atoms with van der Waals surface area (Å²) in [6.07, 6.45) is 0. The molecule has 1 aromatic heterocycles. The molecule has 0 amide bonds. The van der Waals surface area contributed by atoms with Gasteiger partial charge in [0.1, 0.15) is 5.75 Å². The Morgan fingerprint density at radius 1 is 1.13 bits per heavy atom. The lowest BCUT2D eigenvalue weighted by Crippen LogP contribution is -2.46. The van der Waals surface area contributed by atoms with Gasteiger partial charge in [0.05, 0.1) is 20.3 Å². The van der Waals surface area contributed by atoms with E-state index in [0.29, 0.717) is 18.3 Å². The van der Waals surface area contributed by atoms with Crippen molar-refractivity contribution in [1.29, 1.82) is 0 Å². The van der Waals surface area contributed by atoms with Crippen LogP contribution in [-0.4, -0.2) is 71.5 Å². The highest BCUT2D eigenvalue weighted by molar-refractivity contribution is 5.54. The van der Waals surface area contributed by atoms with Crippen LogP contribution in [0, 0.1) is 0 Å². The minimum atomic E-state index is 0.218. The van der Waals surface area contributed by atoms with Crippen LogP contribution >= 0.6 is 0 Å². The first kappa shape index (κ1) is 15.9. The van der Waals surface area contributed by atoms with Crippen molar-refractivity contribution in [2.45, 2.75) is 6.54 Å². The summed E-state index contributed by atoms with van der Waals surface area (Å²) in [6.45, 7) is 5.48. The van der Waals surface area contributed by atoms with Crippen LogP contribution in [0.15, 0.2) is 28.8 Å². The minimum Gasteiger partial charge on any atom is -0.497 e. The van der Waals surface area contributed by atoms with Gasteiger partial charge in [0.25, 0.3) is 5.89 Å². The number of aliphatic hydroxyl groups excluding tert-OH is 1. The van der Waals surface area contributed by atoms with Crippen molar-refractivity contribution >= 4 is 0 Å². The van der Waals surface area contributed by atoms with Gasteiger partial charge in [0.15, 0.2) is 5.82 Å². The summed E-state index contributed by atoms with van der Waals surface area (Å²) < 4.78 is 10.5. The fourth-order valence-electron chi connectivity index (χ4n) is 2.68. The Morgan fingerprint density at radius 2 is 1.83 bits per heavy atom. The van der Waals surface area contributed by atoms with Gasteiger partial charge >= 0.3 is 0 Å². The van der Waals surface area contributed by atoms with Crippen molar-refractivity contribution in [2.24, 2.45) is 0 Å². The van der Waals surface area contributed by atoms with E-state index in [1.54, 1.807) is 7.11 Å². The number of ether oxygens (including phenoxy) is 1. The van der Waals surface area contributed by atoms with E-state index in [2.05, 4.69) is 19.9 Å². The fraction of sp³-hybridized carbons (Fsp3) is 0.500. The molecule has 1 aliphatic rings. The van der Waals surface area contributed by atoms with Crippen molar-refractivity contribution in [1.82, 2.24) is 19.9 Å². The Morgan fingerprint density at radius 3 is 2.48 bits per heavy atom. The SMILES string of the molecule is COc1ccc(-c2nc(CN3CCN(CCO)CC3)no2)cc1. The van der Waals surface area contributed by atoms with Crippen LogP contribution in [0.1, 0.15) is 5.82 Å². The molecule has 1 saturated heterocycles. The number of rotatable bonds is 6. The van der Waals surface area contributed by atoms with Crippen molar-refractivity contribution in [2.75, 3.05) is 46.4 Å². The number of nitrogens with zero attached hydrogens (tertiary/aromatic N) is 4. The van der Waals surface area contributed by atoms with Crippen LogP contribution in [0.5, 0.6) is 5.75 Å². The van der Waals surface area contributed by atoms with Crippen LogP contribution in [0.3, 0.4) is 0 Å². The zero-order valence-corrected chi connectivity index (χ0v) is 13.3. The number of hydrogen-bond acceptors (Lipinski definition) is 7. The summed E-state index contributed by atoms with van der Waals surface area (Å²) in [5.74, 6) is 2.03. The molecule has 1 aromatic carbocycles. The number of β-amino-alcohol motifs (C(OH)–C–C–N with tert-alkyl or cyclic N) is 1. The van der Waals surface area contributed by atoms with Crippen molar-refractivity contribution in [3.63, 3.8) is 0 Å². The molecule has 0 radical (unpaired) electrons. The quantitative estimate of drug-likeness (QED) is 0.846. The molecule has 0 saturated carbocycles. The maximum absolute atomic E-state index is 8.97. The summed E-state index contributed by atoms with van der Waals surface area (Å²) in [5.41, 5.74) is 0.886. The third-order valence-electron chi connectivity index (χ3n) is 4.05. The Hall–Kier alpha value is -1.96. The molecule has 0 bridgehead atoms. The molecule has 7 nitrogen and oxygen atoms in total. The predicted octanol–water partition coefficient (Wildman–Crippen LogP) is 0.855. The van der Waals surface area contributed by atoms with E-state index in [-0.39, 0.29) is 6.61 Å². The molecular formula is C16H22N4O3. The van der Waals surface area contributed by atoms with Gasteiger partial charge in [-0.15, -0.1) is 0 Å². The highest BCUT2D eigenvalue weighted by Crippen LogP contribution is 2.21. The standard InChI is InChI=1S/C16H22N4O3/c1-22-14-4-2-13(3-5-14)16-17-15(18-23-16)12-20-8-6-19(7-9-20)10-11-21/h2-5,21H,6-12H2,1H3. The summed E-state index contributed by atoms with van der Waals surface area (Å²) in [5, 5.41) is 13.0. The summed E-state index contributed by atoms with van der Waals surface area (Å²) in [6, 6.07) is 7.56. The number of aromatic nitrogens is 2. The van der Waals surface area contributed by atoms with Crippen LogP contribution in [0.25, 0.3) is 11.5 Å². The van der Waals surface area contributed by atoms with Crippen molar-refractivity contribution < 1.29 is 14.4 Å². The second-order valence-electron chi connectivity index (χ2n) is 5.59. The molecule has 23 heavy (non-hydrogen) atoms. The summed E-state index contributed by atoms with van der Waals surface area (Å²) >= 11 is 0. The van der Waals surface area contributed by atoms with Gasteiger partial charge in [0.2, 0.25) is 0 Å². The van der Waals surface area contributed by atoms with Crippen LogP contribution in [0.4, 0.5) is 0 Å². The second kappa shape index (κ2) is 7.54. The molecule has 7 heteroatoms. The minimum absolute atomic E-state index is 0.218. The normalized spacial score (nSPS) is 16.6. The summed E-state index contributed by atoms with van der Waals surface area (Å²) in [4.78, 5) is 9.03. The van der Waals surface area contributed by atoms with E-state index in [9.17, 15) is 0 Å². The molecule has 0 atom stereocenters. The monoisotopic (exact) mass is 318 g/mol. The molecular weight excluding hydrogens is 296 g/mol. The predicted molar refractivity (Wildman–Crippen MR) is 85.1 cm³/mol. The highest BCUT2D eigenvalue weighted by Gasteiger charge is 2.18.